The van der Waals surface area contributed by atoms with Crippen LogP contribution < -0.4 is 10.9 Å². The SMILES string of the molecule is Cc1sc2nc(CSC(C)C(=O)NC3CS(=O)(=O)CC3N3CCCCC3)[nH]c(=O)c2c1C. The number of likely N-dealkylation sites (tertiary alicyclic amines) is 1. The van der Waals surface area contributed by atoms with Gasteiger partial charge in [-0.3, -0.25) is 14.5 Å². The number of nitrogens with one attached hydrogen (secondary N) is 2. The number of carbonyl (C=O) groups is 1. The van der Waals surface area contributed by atoms with Gasteiger partial charge in [0, 0.05) is 10.9 Å². The van der Waals surface area contributed by atoms with Crippen LogP contribution >= 0.6 is 23.1 Å². The fourth-order valence-corrected chi connectivity index (χ4v) is 8.29. The predicted molar refractivity (Wildman–Crippen MR) is 130 cm³/mol. The summed E-state index contributed by atoms with van der Waals surface area (Å²) in [5, 5.41) is 3.24. The van der Waals surface area contributed by atoms with Crippen LogP contribution in [0.3, 0.4) is 0 Å². The lowest BCUT2D eigenvalue weighted by Gasteiger charge is -2.35. The maximum atomic E-state index is 12.9. The molecular weight excluding hydrogens is 468 g/mol. The number of carbonyl (C=O) groups excluding carboxylic acids is 1. The molecule has 2 aromatic heterocycles. The number of hydrogen-bond donors (Lipinski definition) is 2. The number of thiophene rings is 1. The van der Waals surface area contributed by atoms with Crippen LogP contribution in [0.5, 0.6) is 0 Å². The molecule has 3 atom stereocenters. The van der Waals surface area contributed by atoms with Gasteiger partial charge in [-0.25, -0.2) is 13.4 Å². The Morgan fingerprint density at radius 1 is 1.28 bits per heavy atom. The van der Waals surface area contributed by atoms with Gasteiger partial charge in [0.25, 0.3) is 5.56 Å². The van der Waals surface area contributed by atoms with E-state index in [1.807, 2.05) is 13.8 Å². The quantitative estimate of drug-likeness (QED) is 0.626. The summed E-state index contributed by atoms with van der Waals surface area (Å²) in [6.45, 7) is 7.48. The van der Waals surface area contributed by atoms with Crippen LogP contribution in [-0.4, -0.2) is 71.1 Å². The predicted octanol–water partition coefficient (Wildman–Crippen LogP) is 1.99. The van der Waals surface area contributed by atoms with Gasteiger partial charge in [-0.05, 0) is 52.3 Å². The molecule has 0 aromatic carbocycles. The van der Waals surface area contributed by atoms with E-state index >= 15 is 0 Å². The third kappa shape index (κ3) is 5.05. The molecule has 2 aliphatic rings. The first-order valence-corrected chi connectivity index (χ1v) is 14.7. The Labute approximate surface area is 196 Å². The summed E-state index contributed by atoms with van der Waals surface area (Å²) in [4.78, 5) is 36.7. The molecule has 32 heavy (non-hydrogen) atoms. The zero-order valence-corrected chi connectivity index (χ0v) is 21.1. The van der Waals surface area contributed by atoms with Gasteiger partial charge in [0.2, 0.25) is 5.91 Å². The highest BCUT2D eigenvalue weighted by Gasteiger charge is 2.42. The Hall–Kier alpha value is -1.43. The number of aryl methyl sites for hydroxylation is 2. The molecular formula is C21H30N4O4S3. The van der Waals surface area contributed by atoms with Crippen LogP contribution in [0.2, 0.25) is 0 Å². The largest absolute Gasteiger partial charge is 0.350 e. The number of sulfone groups is 1. The second-order valence-corrected chi connectivity index (χ2v) is 13.5. The molecule has 2 aromatic rings. The molecule has 2 saturated heterocycles. The number of thioether (sulfide) groups is 1. The van der Waals surface area contributed by atoms with Crippen molar-refractivity contribution in [3.05, 3.63) is 26.6 Å². The summed E-state index contributed by atoms with van der Waals surface area (Å²) >= 11 is 2.88. The summed E-state index contributed by atoms with van der Waals surface area (Å²) in [5.74, 6) is 0.881. The maximum absolute atomic E-state index is 12.9. The molecule has 0 radical (unpaired) electrons. The van der Waals surface area contributed by atoms with Crippen LogP contribution in [0.4, 0.5) is 0 Å². The van der Waals surface area contributed by atoms with Crippen molar-refractivity contribution in [3.8, 4) is 0 Å². The minimum atomic E-state index is -3.16. The number of aromatic nitrogens is 2. The van der Waals surface area contributed by atoms with E-state index in [4.69, 9.17) is 0 Å². The average molecular weight is 499 g/mol. The number of H-pyrrole nitrogens is 1. The topological polar surface area (TPSA) is 112 Å². The number of amides is 1. The monoisotopic (exact) mass is 498 g/mol. The van der Waals surface area contributed by atoms with Crippen molar-refractivity contribution in [3.63, 3.8) is 0 Å². The Morgan fingerprint density at radius 3 is 2.72 bits per heavy atom. The molecule has 176 valence electrons. The van der Waals surface area contributed by atoms with Crippen molar-refractivity contribution in [1.82, 2.24) is 20.2 Å². The highest BCUT2D eigenvalue weighted by molar-refractivity contribution is 7.99. The van der Waals surface area contributed by atoms with E-state index in [0.717, 1.165) is 41.2 Å². The van der Waals surface area contributed by atoms with Gasteiger partial charge in [0.05, 0.1) is 33.9 Å². The summed E-state index contributed by atoms with van der Waals surface area (Å²) in [6.07, 6.45) is 3.32. The number of fused-ring (bicyclic) bond motifs is 1. The van der Waals surface area contributed by atoms with E-state index in [0.29, 0.717) is 17.0 Å². The van der Waals surface area contributed by atoms with Gasteiger partial charge in [-0.2, -0.15) is 0 Å². The first-order valence-electron chi connectivity index (χ1n) is 11.0. The van der Waals surface area contributed by atoms with E-state index in [1.165, 1.54) is 29.5 Å². The fourth-order valence-electron chi connectivity index (χ4n) is 4.52. The second-order valence-electron chi connectivity index (χ2n) is 8.79. The van der Waals surface area contributed by atoms with Gasteiger partial charge in [-0.15, -0.1) is 23.1 Å². The number of nitrogens with zero attached hydrogens (tertiary/aromatic N) is 2. The normalized spacial score (nSPS) is 24.6. The van der Waals surface area contributed by atoms with Gasteiger partial charge in [-0.1, -0.05) is 6.42 Å². The van der Waals surface area contributed by atoms with E-state index in [9.17, 15) is 18.0 Å². The first kappa shape index (κ1) is 23.7. The van der Waals surface area contributed by atoms with Crippen LogP contribution in [0.15, 0.2) is 4.79 Å². The standard InChI is InChI=1S/C21H30N4O4S3/c1-12-13(2)31-21-18(12)20(27)23-17(24-21)9-30-14(3)19(26)22-15-10-32(28,29)11-16(15)25-7-5-4-6-8-25/h14-16H,4-11H2,1-3H3,(H,22,26)(H,23,24,27). The van der Waals surface area contributed by atoms with Crippen LogP contribution in [0, 0.1) is 13.8 Å². The summed E-state index contributed by atoms with van der Waals surface area (Å²) in [6, 6.07) is -0.521. The van der Waals surface area contributed by atoms with Crippen LogP contribution in [0.25, 0.3) is 10.2 Å². The second kappa shape index (κ2) is 9.44. The first-order chi connectivity index (χ1) is 15.1. The Balaban J connectivity index is 1.39. The van der Waals surface area contributed by atoms with Crippen LogP contribution in [0.1, 0.15) is 42.5 Å². The van der Waals surface area contributed by atoms with Gasteiger partial charge in [0.1, 0.15) is 10.7 Å². The molecule has 2 N–H and O–H groups in total. The zero-order chi connectivity index (χ0) is 23.0. The molecule has 2 aliphatic heterocycles. The molecule has 2 fully saturated rings. The molecule has 0 aliphatic carbocycles. The van der Waals surface area contributed by atoms with Crippen molar-refractivity contribution >= 4 is 49.1 Å². The fraction of sp³-hybridized carbons (Fsp3) is 0.667. The Kier molecular flexibility index (Phi) is 7.00. The molecule has 1 amide bonds. The van der Waals surface area contributed by atoms with Crippen LogP contribution in [-0.2, 0) is 20.4 Å². The van der Waals surface area contributed by atoms with Crippen molar-refractivity contribution in [2.24, 2.45) is 0 Å². The molecule has 11 heteroatoms. The third-order valence-corrected chi connectivity index (χ3v) is 10.4. The minimum absolute atomic E-state index is 0.0000834. The van der Waals surface area contributed by atoms with Gasteiger partial charge >= 0.3 is 0 Å². The summed E-state index contributed by atoms with van der Waals surface area (Å²) in [5.41, 5.74) is 0.811. The highest BCUT2D eigenvalue weighted by atomic mass is 32.2. The van der Waals surface area contributed by atoms with E-state index in [-0.39, 0.29) is 35.1 Å². The van der Waals surface area contributed by atoms with Crippen molar-refractivity contribution in [2.75, 3.05) is 24.6 Å². The molecule has 0 bridgehead atoms. The van der Waals surface area contributed by atoms with E-state index < -0.39 is 15.1 Å². The van der Waals surface area contributed by atoms with Gasteiger partial charge in [0.15, 0.2) is 9.84 Å². The summed E-state index contributed by atoms with van der Waals surface area (Å²) < 4.78 is 24.6. The van der Waals surface area contributed by atoms with E-state index in [2.05, 4.69) is 20.2 Å². The van der Waals surface area contributed by atoms with E-state index in [1.54, 1.807) is 6.92 Å². The number of aromatic amines is 1. The molecule has 4 heterocycles. The molecule has 4 rings (SSSR count). The van der Waals surface area contributed by atoms with Crippen molar-refractivity contribution in [2.45, 2.75) is 63.1 Å². The Bertz CT molecular complexity index is 1170. The van der Waals surface area contributed by atoms with Crippen molar-refractivity contribution in [1.29, 1.82) is 0 Å². The summed E-state index contributed by atoms with van der Waals surface area (Å²) in [7, 11) is -3.16. The zero-order valence-electron chi connectivity index (χ0n) is 18.6. The molecule has 8 nitrogen and oxygen atoms in total. The molecule has 0 spiro atoms. The lowest BCUT2D eigenvalue weighted by molar-refractivity contribution is -0.121. The smallest absolute Gasteiger partial charge is 0.259 e. The minimum Gasteiger partial charge on any atom is -0.350 e. The Morgan fingerprint density at radius 2 is 2.00 bits per heavy atom. The highest BCUT2D eigenvalue weighted by Crippen LogP contribution is 2.27. The molecule has 3 unspecified atom stereocenters. The lowest BCUT2D eigenvalue weighted by Crippen LogP contribution is -2.53. The number of hydrogen-bond acceptors (Lipinski definition) is 8. The van der Waals surface area contributed by atoms with Gasteiger partial charge < -0.3 is 10.3 Å². The molecule has 0 saturated carbocycles. The maximum Gasteiger partial charge on any atom is 0.259 e. The van der Waals surface area contributed by atoms with Crippen molar-refractivity contribution < 1.29 is 13.2 Å². The number of rotatable bonds is 6. The third-order valence-electron chi connectivity index (χ3n) is 6.44. The lowest BCUT2D eigenvalue weighted by atomic mass is 10.0. The number of piperidine rings is 1. The average Bonchev–Trinajstić information content (AvgIpc) is 3.21.